The van der Waals surface area contributed by atoms with Crippen LogP contribution in [0, 0.1) is 0 Å². The fraction of sp³-hybridized carbons (Fsp3) is 0.692. The van der Waals surface area contributed by atoms with Gasteiger partial charge in [-0.3, -0.25) is 14.3 Å². The number of hydrogen-bond donors (Lipinski definition) is 3. The second-order valence-electron chi connectivity index (χ2n) is 5.01. The molecule has 0 saturated carbocycles. The minimum absolute atomic E-state index is 0.0373. The monoisotopic (exact) mass is 284 g/mol. The first-order valence-corrected chi connectivity index (χ1v) is 6.94. The van der Waals surface area contributed by atoms with Crippen molar-refractivity contribution in [3.8, 4) is 0 Å². The molecule has 7 heteroatoms. The second-order valence-corrected chi connectivity index (χ2v) is 5.01. The van der Waals surface area contributed by atoms with E-state index in [0.29, 0.717) is 25.2 Å². The second kappa shape index (κ2) is 7.14. The van der Waals surface area contributed by atoms with Crippen LogP contribution in [-0.4, -0.2) is 33.9 Å². The largest absolute Gasteiger partial charge is 0.396 e. The maximum absolute atomic E-state index is 12.1. The molecular weight excluding hydrogens is 260 g/mol. The summed E-state index contributed by atoms with van der Waals surface area (Å²) in [5.41, 5.74) is 5.36. The minimum atomic E-state index is -0.482. The van der Waals surface area contributed by atoms with Gasteiger partial charge < -0.3 is 15.7 Å². The number of aromatic amines is 1. The van der Waals surface area contributed by atoms with Crippen LogP contribution in [0.25, 0.3) is 0 Å². The lowest BCUT2D eigenvalue weighted by Crippen LogP contribution is -2.41. The molecule has 1 aromatic heterocycles. The molecule has 0 saturated heterocycles. The van der Waals surface area contributed by atoms with E-state index in [1.165, 1.54) is 4.57 Å². The van der Waals surface area contributed by atoms with Gasteiger partial charge in [0.2, 0.25) is 0 Å². The first-order valence-electron chi connectivity index (χ1n) is 6.94. The molecule has 7 nitrogen and oxygen atoms in total. The van der Waals surface area contributed by atoms with Crippen LogP contribution in [0.15, 0.2) is 9.59 Å². The summed E-state index contributed by atoms with van der Waals surface area (Å²) in [5.74, 6) is 0.187. The number of nitrogens with zero attached hydrogens (tertiary/aromatic N) is 2. The Morgan fingerprint density at radius 2 is 2.05 bits per heavy atom. The van der Waals surface area contributed by atoms with Crippen LogP contribution in [-0.2, 0) is 6.54 Å². The summed E-state index contributed by atoms with van der Waals surface area (Å²) in [6, 6.07) is 0.0394. The lowest BCUT2D eigenvalue weighted by molar-refractivity contribution is 0.288. The van der Waals surface area contributed by atoms with Crippen LogP contribution in [0.2, 0.25) is 0 Å². The summed E-state index contributed by atoms with van der Waals surface area (Å²) in [5, 5.41) is 8.97. The van der Waals surface area contributed by atoms with E-state index in [-0.39, 0.29) is 18.5 Å². The van der Waals surface area contributed by atoms with Crippen molar-refractivity contribution >= 4 is 11.5 Å². The number of anilines is 2. The average molecular weight is 284 g/mol. The highest BCUT2D eigenvalue weighted by molar-refractivity contribution is 5.62. The Labute approximate surface area is 118 Å². The van der Waals surface area contributed by atoms with Gasteiger partial charge in [0, 0.05) is 25.7 Å². The molecule has 0 radical (unpaired) electrons. The third-order valence-corrected chi connectivity index (χ3v) is 3.13. The summed E-state index contributed by atoms with van der Waals surface area (Å²) in [4.78, 5) is 28.0. The number of H-pyrrole nitrogens is 1. The molecule has 1 aromatic rings. The van der Waals surface area contributed by atoms with E-state index in [1.807, 2.05) is 25.7 Å². The van der Waals surface area contributed by atoms with Crippen molar-refractivity contribution in [3.05, 3.63) is 20.8 Å². The summed E-state index contributed by atoms with van der Waals surface area (Å²) < 4.78 is 1.38. The Morgan fingerprint density at radius 3 is 2.55 bits per heavy atom. The Morgan fingerprint density at radius 1 is 1.40 bits per heavy atom. The molecule has 4 N–H and O–H groups in total. The molecule has 1 rings (SSSR count). The fourth-order valence-corrected chi connectivity index (χ4v) is 2.17. The van der Waals surface area contributed by atoms with Crippen LogP contribution in [0.5, 0.6) is 0 Å². The molecule has 114 valence electrons. The maximum atomic E-state index is 12.1. The Kier molecular flexibility index (Phi) is 5.82. The normalized spacial score (nSPS) is 11.1. The number of nitrogens with two attached hydrogens (primary N) is 1. The number of aliphatic hydroxyl groups excluding tert-OH is 1. The SMILES string of the molecule is CCCn1c(N)c(N(CCCO)C(C)C)c(=O)[nH]c1=O. The number of nitrogens with one attached hydrogen (secondary N) is 1. The molecule has 0 aliphatic carbocycles. The average Bonchev–Trinajstić information content (AvgIpc) is 2.37. The summed E-state index contributed by atoms with van der Waals surface area (Å²) in [7, 11) is 0. The summed E-state index contributed by atoms with van der Waals surface area (Å²) >= 11 is 0. The third-order valence-electron chi connectivity index (χ3n) is 3.13. The molecule has 0 unspecified atom stereocenters. The highest BCUT2D eigenvalue weighted by Crippen LogP contribution is 2.19. The molecule has 0 aliphatic rings. The van der Waals surface area contributed by atoms with Gasteiger partial charge in [0.25, 0.3) is 5.56 Å². The molecule has 0 bridgehead atoms. The van der Waals surface area contributed by atoms with Crippen molar-refractivity contribution in [1.82, 2.24) is 9.55 Å². The van der Waals surface area contributed by atoms with Crippen molar-refractivity contribution in [2.45, 2.75) is 46.2 Å². The van der Waals surface area contributed by atoms with Crippen molar-refractivity contribution in [2.75, 3.05) is 23.8 Å². The Balaban J connectivity index is 3.37. The van der Waals surface area contributed by atoms with E-state index in [4.69, 9.17) is 10.8 Å². The first-order chi connectivity index (χ1) is 9.43. The lowest BCUT2D eigenvalue weighted by atomic mass is 10.2. The summed E-state index contributed by atoms with van der Waals surface area (Å²) in [6.07, 6.45) is 1.28. The molecule has 0 amide bonds. The van der Waals surface area contributed by atoms with Crippen molar-refractivity contribution in [2.24, 2.45) is 0 Å². The van der Waals surface area contributed by atoms with E-state index < -0.39 is 11.2 Å². The molecular formula is C13H24N4O3. The van der Waals surface area contributed by atoms with Crippen molar-refractivity contribution < 1.29 is 5.11 Å². The van der Waals surface area contributed by atoms with Gasteiger partial charge in [-0.15, -0.1) is 0 Å². The smallest absolute Gasteiger partial charge is 0.330 e. The molecule has 1 heterocycles. The molecule has 20 heavy (non-hydrogen) atoms. The minimum Gasteiger partial charge on any atom is -0.396 e. The van der Waals surface area contributed by atoms with Gasteiger partial charge in [0.05, 0.1) is 0 Å². The van der Waals surface area contributed by atoms with Gasteiger partial charge in [-0.1, -0.05) is 6.92 Å². The lowest BCUT2D eigenvalue weighted by Gasteiger charge is -2.29. The van der Waals surface area contributed by atoms with Gasteiger partial charge in [0.1, 0.15) is 11.5 Å². The van der Waals surface area contributed by atoms with E-state index in [9.17, 15) is 9.59 Å². The topological polar surface area (TPSA) is 104 Å². The zero-order valence-electron chi connectivity index (χ0n) is 12.3. The van der Waals surface area contributed by atoms with E-state index in [1.54, 1.807) is 0 Å². The number of aromatic nitrogens is 2. The standard InChI is InChI=1S/C13H24N4O3/c1-4-6-17-11(14)10(12(19)15-13(17)20)16(9(2)3)7-5-8-18/h9,18H,4-8,14H2,1-3H3,(H,15,19,20). The molecule has 0 spiro atoms. The fourth-order valence-electron chi connectivity index (χ4n) is 2.17. The zero-order chi connectivity index (χ0) is 15.3. The van der Waals surface area contributed by atoms with Crippen LogP contribution < -0.4 is 21.9 Å². The molecule has 0 aliphatic heterocycles. The van der Waals surface area contributed by atoms with Crippen molar-refractivity contribution in [3.63, 3.8) is 0 Å². The van der Waals surface area contributed by atoms with E-state index >= 15 is 0 Å². The predicted molar refractivity (Wildman–Crippen MR) is 80.2 cm³/mol. The molecule has 0 atom stereocenters. The maximum Gasteiger partial charge on any atom is 0.330 e. The number of rotatable bonds is 7. The van der Waals surface area contributed by atoms with Crippen LogP contribution >= 0.6 is 0 Å². The van der Waals surface area contributed by atoms with Crippen molar-refractivity contribution in [1.29, 1.82) is 0 Å². The van der Waals surface area contributed by atoms with Gasteiger partial charge in [-0.25, -0.2) is 4.79 Å². The van der Waals surface area contributed by atoms with Gasteiger partial charge >= 0.3 is 5.69 Å². The number of hydrogen-bond acceptors (Lipinski definition) is 5. The predicted octanol–water partition coefficient (Wildman–Crippen LogP) is 0.126. The van der Waals surface area contributed by atoms with E-state index in [2.05, 4.69) is 4.98 Å². The first kappa shape index (κ1) is 16.3. The highest BCUT2D eigenvalue weighted by Gasteiger charge is 2.20. The molecule has 0 fully saturated rings. The zero-order valence-corrected chi connectivity index (χ0v) is 12.3. The van der Waals surface area contributed by atoms with Crippen LogP contribution in [0.4, 0.5) is 11.5 Å². The Bertz CT molecular complexity index is 548. The molecule has 0 aromatic carbocycles. The number of nitrogen functional groups attached to an aromatic ring is 1. The van der Waals surface area contributed by atoms with E-state index in [0.717, 1.165) is 6.42 Å². The van der Waals surface area contributed by atoms with Gasteiger partial charge in [-0.05, 0) is 26.7 Å². The summed E-state index contributed by atoms with van der Waals surface area (Å²) in [6.45, 7) is 6.81. The number of aliphatic hydroxyl groups is 1. The Hall–Kier alpha value is -1.76. The van der Waals surface area contributed by atoms with Crippen LogP contribution in [0.3, 0.4) is 0 Å². The van der Waals surface area contributed by atoms with Gasteiger partial charge in [0.15, 0.2) is 0 Å². The van der Waals surface area contributed by atoms with Gasteiger partial charge in [-0.2, -0.15) is 0 Å². The van der Waals surface area contributed by atoms with Crippen LogP contribution in [0.1, 0.15) is 33.6 Å². The third kappa shape index (κ3) is 3.41. The highest BCUT2D eigenvalue weighted by atomic mass is 16.3. The quantitative estimate of drug-likeness (QED) is 0.660.